The van der Waals surface area contributed by atoms with E-state index in [0.717, 1.165) is 18.7 Å². The number of rotatable bonds is 7. The number of benzene rings is 1. The van der Waals surface area contributed by atoms with Crippen LogP contribution in [0.5, 0.6) is 5.75 Å². The summed E-state index contributed by atoms with van der Waals surface area (Å²) in [5.74, 6) is 0.933. The summed E-state index contributed by atoms with van der Waals surface area (Å²) < 4.78 is 6.42. The minimum Gasteiger partial charge on any atom is -0.497 e. The second kappa shape index (κ2) is 7.72. The minimum atomic E-state index is 0.601. The summed E-state index contributed by atoms with van der Waals surface area (Å²) in [5.41, 5.74) is 1.33. The molecule has 1 aromatic rings. The topological polar surface area (TPSA) is 21.3 Å². The Bertz CT molecular complexity index is 341. The van der Waals surface area contributed by atoms with Gasteiger partial charge in [-0.2, -0.15) is 0 Å². The number of hydrogen-bond donors (Lipinski definition) is 1. The number of halogens is 1. The molecule has 96 valence electrons. The molecule has 3 heteroatoms. The fourth-order valence-electron chi connectivity index (χ4n) is 1.92. The van der Waals surface area contributed by atoms with Gasteiger partial charge in [0, 0.05) is 10.5 Å². The SMILES string of the molecule is CCNC(C)CCCc1cc(OC)ccc1Br. The number of nitrogens with one attached hydrogen (secondary N) is 1. The second-order valence-electron chi connectivity index (χ2n) is 4.31. The first-order chi connectivity index (χ1) is 8.17. The van der Waals surface area contributed by atoms with Gasteiger partial charge >= 0.3 is 0 Å². The summed E-state index contributed by atoms with van der Waals surface area (Å²) in [6.07, 6.45) is 3.49. The quantitative estimate of drug-likeness (QED) is 0.827. The Labute approximate surface area is 113 Å². The van der Waals surface area contributed by atoms with Crippen LogP contribution in [-0.2, 0) is 6.42 Å². The van der Waals surface area contributed by atoms with Gasteiger partial charge in [-0.25, -0.2) is 0 Å². The van der Waals surface area contributed by atoms with Crippen molar-refractivity contribution in [2.45, 2.75) is 39.2 Å². The van der Waals surface area contributed by atoms with Crippen molar-refractivity contribution in [3.63, 3.8) is 0 Å². The van der Waals surface area contributed by atoms with E-state index in [0.29, 0.717) is 6.04 Å². The first kappa shape index (κ1) is 14.5. The molecule has 0 radical (unpaired) electrons. The molecule has 0 aliphatic rings. The van der Waals surface area contributed by atoms with Crippen LogP contribution in [0.15, 0.2) is 22.7 Å². The van der Waals surface area contributed by atoms with Crippen molar-refractivity contribution >= 4 is 15.9 Å². The first-order valence-corrected chi connectivity index (χ1v) is 7.02. The van der Waals surface area contributed by atoms with E-state index in [-0.39, 0.29) is 0 Å². The lowest BCUT2D eigenvalue weighted by atomic mass is 10.1. The van der Waals surface area contributed by atoms with E-state index in [4.69, 9.17) is 4.74 Å². The highest BCUT2D eigenvalue weighted by Gasteiger charge is 2.04. The van der Waals surface area contributed by atoms with E-state index >= 15 is 0 Å². The van der Waals surface area contributed by atoms with Crippen LogP contribution in [0.2, 0.25) is 0 Å². The number of aryl methyl sites for hydroxylation is 1. The zero-order chi connectivity index (χ0) is 12.7. The maximum Gasteiger partial charge on any atom is 0.119 e. The predicted octanol–water partition coefficient (Wildman–Crippen LogP) is 3.78. The van der Waals surface area contributed by atoms with E-state index < -0.39 is 0 Å². The molecule has 0 bridgehead atoms. The third-order valence-electron chi connectivity index (χ3n) is 2.89. The smallest absolute Gasteiger partial charge is 0.119 e. The van der Waals surface area contributed by atoms with Crippen molar-refractivity contribution in [3.8, 4) is 5.75 Å². The summed E-state index contributed by atoms with van der Waals surface area (Å²) in [5, 5.41) is 3.43. The van der Waals surface area contributed by atoms with Crippen molar-refractivity contribution in [2.24, 2.45) is 0 Å². The van der Waals surface area contributed by atoms with Crippen molar-refractivity contribution in [1.82, 2.24) is 5.32 Å². The van der Waals surface area contributed by atoms with Crippen molar-refractivity contribution in [1.29, 1.82) is 0 Å². The maximum absolute atomic E-state index is 5.24. The Morgan fingerprint density at radius 3 is 2.82 bits per heavy atom. The van der Waals surface area contributed by atoms with Crippen molar-refractivity contribution in [3.05, 3.63) is 28.2 Å². The molecule has 0 fully saturated rings. The van der Waals surface area contributed by atoms with Gasteiger partial charge in [-0.3, -0.25) is 0 Å². The molecule has 17 heavy (non-hydrogen) atoms. The number of methoxy groups -OCH3 is 1. The van der Waals surface area contributed by atoms with E-state index in [9.17, 15) is 0 Å². The van der Waals surface area contributed by atoms with E-state index in [2.05, 4.69) is 47.2 Å². The fourth-order valence-corrected chi connectivity index (χ4v) is 2.36. The molecule has 0 heterocycles. The molecule has 1 unspecified atom stereocenters. The first-order valence-electron chi connectivity index (χ1n) is 6.23. The molecule has 0 aliphatic carbocycles. The lowest BCUT2D eigenvalue weighted by molar-refractivity contribution is 0.414. The highest BCUT2D eigenvalue weighted by Crippen LogP contribution is 2.24. The molecule has 1 aromatic carbocycles. The third kappa shape index (κ3) is 5.09. The van der Waals surface area contributed by atoms with Crippen LogP contribution in [0, 0.1) is 0 Å². The molecule has 1 rings (SSSR count). The van der Waals surface area contributed by atoms with Gasteiger partial charge in [0.25, 0.3) is 0 Å². The maximum atomic E-state index is 5.24. The zero-order valence-corrected chi connectivity index (χ0v) is 12.5. The minimum absolute atomic E-state index is 0.601. The number of ether oxygens (including phenoxy) is 1. The molecule has 0 saturated carbocycles. The molecule has 0 aromatic heterocycles. The largest absolute Gasteiger partial charge is 0.497 e. The Morgan fingerprint density at radius 2 is 2.18 bits per heavy atom. The van der Waals surface area contributed by atoms with Gasteiger partial charge in [-0.15, -0.1) is 0 Å². The average Bonchev–Trinajstić information content (AvgIpc) is 2.32. The molecule has 0 amide bonds. The predicted molar refractivity (Wildman–Crippen MR) is 76.8 cm³/mol. The van der Waals surface area contributed by atoms with Gasteiger partial charge in [0.05, 0.1) is 7.11 Å². The second-order valence-corrected chi connectivity index (χ2v) is 5.16. The lowest BCUT2D eigenvalue weighted by Crippen LogP contribution is -2.25. The molecular formula is C14H22BrNO. The van der Waals surface area contributed by atoms with Crippen LogP contribution in [0.25, 0.3) is 0 Å². The van der Waals surface area contributed by atoms with Crippen LogP contribution in [0.1, 0.15) is 32.3 Å². The monoisotopic (exact) mass is 299 g/mol. The van der Waals surface area contributed by atoms with Crippen molar-refractivity contribution < 1.29 is 4.74 Å². The highest BCUT2D eigenvalue weighted by atomic mass is 79.9. The van der Waals surface area contributed by atoms with Crippen LogP contribution in [-0.4, -0.2) is 19.7 Å². The fraction of sp³-hybridized carbons (Fsp3) is 0.571. The van der Waals surface area contributed by atoms with Crippen molar-refractivity contribution in [2.75, 3.05) is 13.7 Å². The summed E-state index contributed by atoms with van der Waals surface area (Å²) >= 11 is 3.59. The van der Waals surface area contributed by atoms with E-state index in [1.165, 1.54) is 22.9 Å². The zero-order valence-electron chi connectivity index (χ0n) is 10.9. The third-order valence-corrected chi connectivity index (χ3v) is 3.66. The normalized spacial score (nSPS) is 12.5. The Balaban J connectivity index is 2.45. The van der Waals surface area contributed by atoms with Gasteiger partial charge < -0.3 is 10.1 Å². The van der Waals surface area contributed by atoms with Gasteiger partial charge in [-0.05, 0) is 56.5 Å². The van der Waals surface area contributed by atoms with E-state index in [1.807, 2.05) is 6.07 Å². The number of hydrogen-bond acceptors (Lipinski definition) is 2. The molecule has 2 nitrogen and oxygen atoms in total. The molecule has 0 aliphatic heterocycles. The molecular weight excluding hydrogens is 278 g/mol. The summed E-state index contributed by atoms with van der Waals surface area (Å²) in [4.78, 5) is 0. The summed E-state index contributed by atoms with van der Waals surface area (Å²) in [6.45, 7) is 5.43. The van der Waals surface area contributed by atoms with Crippen LogP contribution >= 0.6 is 15.9 Å². The van der Waals surface area contributed by atoms with Gasteiger partial charge in [0.2, 0.25) is 0 Å². The molecule has 1 N–H and O–H groups in total. The Kier molecular flexibility index (Phi) is 6.60. The van der Waals surface area contributed by atoms with Gasteiger partial charge in [-0.1, -0.05) is 22.9 Å². The van der Waals surface area contributed by atoms with Crippen LogP contribution in [0.4, 0.5) is 0 Å². The van der Waals surface area contributed by atoms with Crippen LogP contribution < -0.4 is 10.1 Å². The standard InChI is InChI=1S/C14H22BrNO/c1-4-16-11(2)6-5-7-12-10-13(17-3)8-9-14(12)15/h8-11,16H,4-7H2,1-3H3. The Morgan fingerprint density at radius 1 is 1.41 bits per heavy atom. The summed E-state index contributed by atoms with van der Waals surface area (Å²) in [7, 11) is 1.71. The average molecular weight is 300 g/mol. The molecule has 1 atom stereocenters. The highest BCUT2D eigenvalue weighted by molar-refractivity contribution is 9.10. The van der Waals surface area contributed by atoms with E-state index in [1.54, 1.807) is 7.11 Å². The van der Waals surface area contributed by atoms with Gasteiger partial charge in [0.15, 0.2) is 0 Å². The molecule has 0 spiro atoms. The Hall–Kier alpha value is -0.540. The van der Waals surface area contributed by atoms with Gasteiger partial charge in [0.1, 0.15) is 5.75 Å². The molecule has 0 saturated heterocycles. The van der Waals surface area contributed by atoms with Crippen LogP contribution in [0.3, 0.4) is 0 Å². The summed E-state index contributed by atoms with van der Waals surface area (Å²) in [6, 6.07) is 6.75. The lowest BCUT2D eigenvalue weighted by Gasteiger charge is -2.12.